The van der Waals surface area contributed by atoms with Crippen molar-refractivity contribution >= 4 is 40.2 Å². The van der Waals surface area contributed by atoms with E-state index in [4.69, 9.17) is 24.8 Å². The molecule has 11 heteroatoms. The van der Waals surface area contributed by atoms with Crippen molar-refractivity contribution < 1.29 is 44.3 Å². The summed E-state index contributed by atoms with van der Waals surface area (Å²) in [5.41, 5.74) is -0.585. The number of hydrogen-bond acceptors (Lipinski definition) is 8. The zero-order valence-corrected chi connectivity index (χ0v) is 19.3. The Hall–Kier alpha value is -3.25. The second-order valence-electron chi connectivity index (χ2n) is 7.62. The van der Waals surface area contributed by atoms with E-state index in [0.29, 0.717) is 6.54 Å². The third kappa shape index (κ3) is 7.66. The number of fused-ring (bicyclic) bond motifs is 1. The summed E-state index contributed by atoms with van der Waals surface area (Å²) in [6.45, 7) is 4.49. The van der Waals surface area contributed by atoms with Crippen LogP contribution >= 0.6 is 11.3 Å². The third-order valence-corrected chi connectivity index (χ3v) is 5.80. The number of hydrogen-bond donors (Lipinski definition) is 5. The molecule has 0 amide bonds. The van der Waals surface area contributed by atoms with Gasteiger partial charge in [-0.3, -0.25) is 14.5 Å². The van der Waals surface area contributed by atoms with E-state index in [2.05, 4.69) is 28.5 Å². The highest BCUT2D eigenvalue weighted by Gasteiger charge is 2.40. The average Bonchev–Trinajstić information content (AvgIpc) is 3.35. The van der Waals surface area contributed by atoms with Crippen LogP contribution in [0.15, 0.2) is 46.2 Å². The van der Waals surface area contributed by atoms with Gasteiger partial charge in [0.1, 0.15) is 11.3 Å². The van der Waals surface area contributed by atoms with Crippen molar-refractivity contribution in [3.63, 3.8) is 0 Å². The molecule has 0 fully saturated rings. The minimum absolute atomic E-state index is 0.167. The SMILES string of the molecule is Cc1oc2ccccc2c1CN(CCO)Cc1cccs1.O=C(O)CC(O)(CC(=O)O)C(=O)O. The lowest BCUT2D eigenvalue weighted by atomic mass is 9.96. The van der Waals surface area contributed by atoms with E-state index in [1.807, 2.05) is 25.1 Å². The predicted octanol–water partition coefficient (Wildman–Crippen LogP) is 2.55. The van der Waals surface area contributed by atoms with Crippen molar-refractivity contribution in [3.8, 4) is 0 Å². The van der Waals surface area contributed by atoms with Crippen LogP contribution in [-0.4, -0.2) is 67.1 Å². The van der Waals surface area contributed by atoms with Gasteiger partial charge in [0.2, 0.25) is 0 Å². The number of carbonyl (C=O) groups is 3. The summed E-state index contributed by atoms with van der Waals surface area (Å²) in [6.07, 6.45) is -2.29. The Labute approximate surface area is 199 Å². The fraction of sp³-hybridized carbons (Fsp3) is 0.348. The van der Waals surface area contributed by atoms with Gasteiger partial charge < -0.3 is 29.9 Å². The smallest absolute Gasteiger partial charge is 0.336 e. The molecule has 0 aliphatic heterocycles. The molecule has 0 spiro atoms. The maximum atomic E-state index is 10.3. The molecule has 5 N–H and O–H groups in total. The number of carboxylic acids is 3. The van der Waals surface area contributed by atoms with Crippen LogP contribution < -0.4 is 0 Å². The van der Waals surface area contributed by atoms with Crippen LogP contribution in [0.3, 0.4) is 0 Å². The molecule has 2 aromatic heterocycles. The van der Waals surface area contributed by atoms with Crippen molar-refractivity contribution in [1.29, 1.82) is 0 Å². The molecular weight excluding hydrogens is 466 g/mol. The summed E-state index contributed by atoms with van der Waals surface area (Å²) in [6, 6.07) is 12.3. The minimum Gasteiger partial charge on any atom is -0.481 e. The molecule has 2 heterocycles. The van der Waals surface area contributed by atoms with E-state index >= 15 is 0 Å². The van der Waals surface area contributed by atoms with Crippen LogP contribution in [0.2, 0.25) is 0 Å². The Kier molecular flexibility index (Phi) is 9.75. The molecule has 10 nitrogen and oxygen atoms in total. The van der Waals surface area contributed by atoms with Crippen molar-refractivity contribution in [1.82, 2.24) is 4.90 Å². The Morgan fingerprint density at radius 1 is 1.00 bits per heavy atom. The topological polar surface area (TPSA) is 169 Å². The molecule has 1 aromatic carbocycles. The molecule has 0 aliphatic carbocycles. The number of nitrogens with zero attached hydrogens (tertiary/aromatic N) is 1. The van der Waals surface area contributed by atoms with E-state index in [1.165, 1.54) is 15.8 Å². The van der Waals surface area contributed by atoms with Gasteiger partial charge in [-0.2, -0.15) is 0 Å². The van der Waals surface area contributed by atoms with Gasteiger partial charge in [0.05, 0.1) is 19.4 Å². The molecule has 184 valence electrons. The lowest BCUT2D eigenvalue weighted by molar-refractivity contribution is -0.170. The van der Waals surface area contributed by atoms with Crippen molar-refractivity contribution in [2.24, 2.45) is 0 Å². The van der Waals surface area contributed by atoms with Gasteiger partial charge in [0, 0.05) is 35.5 Å². The van der Waals surface area contributed by atoms with Gasteiger partial charge in [-0.15, -0.1) is 11.3 Å². The molecule has 0 radical (unpaired) electrons. The molecule has 0 unspecified atom stereocenters. The quantitative estimate of drug-likeness (QED) is 0.268. The second kappa shape index (κ2) is 12.3. The number of aliphatic carboxylic acids is 3. The van der Waals surface area contributed by atoms with Crippen molar-refractivity contribution in [2.45, 2.75) is 38.5 Å². The summed E-state index contributed by atoms with van der Waals surface area (Å²) in [7, 11) is 0. The number of aliphatic hydroxyl groups excluding tert-OH is 1. The molecule has 0 atom stereocenters. The summed E-state index contributed by atoms with van der Waals surface area (Å²) in [5, 5.41) is 46.4. The third-order valence-electron chi connectivity index (χ3n) is 4.94. The van der Waals surface area contributed by atoms with E-state index in [9.17, 15) is 19.5 Å². The lowest BCUT2D eigenvalue weighted by Crippen LogP contribution is -2.42. The number of thiophene rings is 1. The largest absolute Gasteiger partial charge is 0.481 e. The number of aliphatic hydroxyl groups is 2. The highest BCUT2D eigenvalue weighted by molar-refractivity contribution is 7.09. The van der Waals surface area contributed by atoms with Gasteiger partial charge in [-0.05, 0) is 24.4 Å². The highest BCUT2D eigenvalue weighted by atomic mass is 32.1. The zero-order chi connectivity index (χ0) is 25.3. The number of carboxylic acid groups (broad SMARTS) is 3. The van der Waals surface area contributed by atoms with E-state index in [-0.39, 0.29) is 6.61 Å². The van der Waals surface area contributed by atoms with Crippen molar-refractivity contribution in [3.05, 3.63) is 58.0 Å². The number of benzene rings is 1. The fourth-order valence-corrected chi connectivity index (χ4v) is 4.08. The fourth-order valence-electron chi connectivity index (χ4n) is 3.33. The first-order chi connectivity index (χ1) is 16.1. The van der Waals surface area contributed by atoms with Gasteiger partial charge in [-0.25, -0.2) is 4.79 Å². The number of furan rings is 1. The Bertz CT molecular complexity index is 1090. The standard InChI is InChI=1S/C17H19NO2S.C6H8O7/c1-13-16(15-6-2-3-7-17(15)20-13)12-18(8-9-19)11-14-5-4-10-21-14;7-3(8)1-6(13,5(11)12)2-4(9)10/h2-7,10,19H,8-9,11-12H2,1H3;13H,1-2H2,(H,7,8)(H,9,10)(H,11,12). The van der Waals surface area contributed by atoms with Crippen LogP contribution in [0, 0.1) is 6.92 Å². The van der Waals surface area contributed by atoms with Crippen LogP contribution in [-0.2, 0) is 27.5 Å². The monoisotopic (exact) mass is 493 g/mol. The molecule has 34 heavy (non-hydrogen) atoms. The summed E-state index contributed by atoms with van der Waals surface area (Å²) in [5.74, 6) is -4.06. The number of rotatable bonds is 11. The number of para-hydroxylation sites is 1. The lowest BCUT2D eigenvalue weighted by Gasteiger charge is -2.20. The Morgan fingerprint density at radius 2 is 1.65 bits per heavy atom. The second-order valence-corrected chi connectivity index (χ2v) is 8.66. The molecule has 3 rings (SSSR count). The Balaban J connectivity index is 0.000000273. The first-order valence-electron chi connectivity index (χ1n) is 10.3. The summed E-state index contributed by atoms with van der Waals surface area (Å²) in [4.78, 5) is 34.1. The molecule has 3 aromatic rings. The van der Waals surface area contributed by atoms with Crippen LogP contribution in [0.25, 0.3) is 11.0 Å². The minimum atomic E-state index is -2.74. The summed E-state index contributed by atoms with van der Waals surface area (Å²) >= 11 is 1.75. The molecule has 0 saturated carbocycles. The summed E-state index contributed by atoms with van der Waals surface area (Å²) < 4.78 is 5.83. The first kappa shape index (κ1) is 27.0. The maximum absolute atomic E-state index is 10.3. The van der Waals surface area contributed by atoms with Gasteiger partial charge in [0.15, 0.2) is 5.60 Å². The van der Waals surface area contributed by atoms with Crippen LogP contribution in [0.5, 0.6) is 0 Å². The average molecular weight is 494 g/mol. The normalized spacial score (nSPS) is 11.3. The first-order valence-corrected chi connectivity index (χ1v) is 11.2. The van der Waals surface area contributed by atoms with Gasteiger partial charge >= 0.3 is 17.9 Å². The van der Waals surface area contributed by atoms with E-state index in [1.54, 1.807) is 11.3 Å². The van der Waals surface area contributed by atoms with E-state index in [0.717, 1.165) is 24.4 Å². The van der Waals surface area contributed by atoms with Gasteiger partial charge in [0.25, 0.3) is 0 Å². The van der Waals surface area contributed by atoms with Gasteiger partial charge in [-0.1, -0.05) is 24.3 Å². The molecule has 0 aliphatic rings. The van der Waals surface area contributed by atoms with Crippen LogP contribution in [0.4, 0.5) is 0 Å². The zero-order valence-electron chi connectivity index (χ0n) is 18.5. The molecular formula is C23H27NO9S. The maximum Gasteiger partial charge on any atom is 0.336 e. The van der Waals surface area contributed by atoms with Crippen LogP contribution in [0.1, 0.15) is 29.0 Å². The predicted molar refractivity (Wildman–Crippen MR) is 124 cm³/mol. The van der Waals surface area contributed by atoms with E-state index < -0.39 is 36.4 Å². The number of aryl methyl sites for hydroxylation is 1. The molecule has 0 bridgehead atoms. The Morgan fingerprint density at radius 3 is 2.18 bits per heavy atom. The van der Waals surface area contributed by atoms with Crippen molar-refractivity contribution in [2.75, 3.05) is 13.2 Å². The molecule has 0 saturated heterocycles. The highest BCUT2D eigenvalue weighted by Crippen LogP contribution is 2.27.